The van der Waals surface area contributed by atoms with E-state index in [1.54, 1.807) is 0 Å². The zero-order chi connectivity index (χ0) is 11.8. The van der Waals surface area contributed by atoms with E-state index < -0.39 is 0 Å². The maximum absolute atomic E-state index is 12.0. The number of aromatic nitrogens is 1. The Bertz CT molecular complexity index is 614. The normalized spacial score (nSPS) is 19.9. The van der Waals surface area contributed by atoms with Crippen molar-refractivity contribution in [3.05, 3.63) is 44.8 Å². The highest BCUT2D eigenvalue weighted by Gasteiger charge is 2.18. The highest BCUT2D eigenvalue weighted by atomic mass is 79.9. The fraction of sp³-hybridized carbons (Fsp3) is 0.308. The molecule has 0 amide bonds. The predicted octanol–water partition coefficient (Wildman–Crippen LogP) is 2.37. The van der Waals surface area contributed by atoms with E-state index in [0.29, 0.717) is 5.92 Å². The third-order valence-electron chi connectivity index (χ3n) is 3.33. The summed E-state index contributed by atoms with van der Waals surface area (Å²) in [5, 5.41) is 5.08. The highest BCUT2D eigenvalue weighted by molar-refractivity contribution is 9.10. The Labute approximate surface area is 107 Å². The van der Waals surface area contributed by atoms with Crippen LogP contribution in [0.2, 0.25) is 0 Å². The third kappa shape index (κ3) is 2.03. The van der Waals surface area contributed by atoms with Gasteiger partial charge in [-0.25, -0.2) is 0 Å². The molecule has 0 bridgehead atoms. The molecule has 1 aliphatic rings. The molecule has 2 heterocycles. The van der Waals surface area contributed by atoms with Crippen LogP contribution in [0.15, 0.2) is 33.5 Å². The van der Waals surface area contributed by atoms with E-state index in [2.05, 4.69) is 32.3 Å². The maximum Gasteiger partial charge on any atom is 0.256 e. The van der Waals surface area contributed by atoms with Crippen molar-refractivity contribution in [1.29, 1.82) is 0 Å². The summed E-state index contributed by atoms with van der Waals surface area (Å²) in [6, 6.07) is 7.92. The highest BCUT2D eigenvalue weighted by Crippen LogP contribution is 2.23. The number of nitrogens with one attached hydrogen (secondary N) is 2. The molecule has 1 atom stereocenters. The van der Waals surface area contributed by atoms with Gasteiger partial charge in [0.2, 0.25) is 0 Å². The van der Waals surface area contributed by atoms with E-state index in [1.807, 2.05) is 18.2 Å². The van der Waals surface area contributed by atoms with Gasteiger partial charge in [0, 0.05) is 28.0 Å². The Morgan fingerprint density at radius 3 is 2.94 bits per heavy atom. The average Bonchev–Trinajstić information content (AvgIpc) is 2.83. The molecule has 1 aliphatic heterocycles. The maximum atomic E-state index is 12.0. The SMILES string of the molecule is O=c1[nH]c(C2CCNC2)cc2ccc(Br)cc12. The molecular formula is C13H13BrN2O. The van der Waals surface area contributed by atoms with Gasteiger partial charge in [0.25, 0.3) is 5.56 Å². The van der Waals surface area contributed by atoms with Crippen LogP contribution in [-0.4, -0.2) is 18.1 Å². The lowest BCUT2D eigenvalue weighted by Crippen LogP contribution is -2.14. The van der Waals surface area contributed by atoms with Crippen LogP contribution in [-0.2, 0) is 0 Å². The molecule has 3 nitrogen and oxygen atoms in total. The van der Waals surface area contributed by atoms with Gasteiger partial charge in [0.15, 0.2) is 0 Å². The summed E-state index contributed by atoms with van der Waals surface area (Å²) in [6.45, 7) is 1.99. The smallest absolute Gasteiger partial charge is 0.256 e. The van der Waals surface area contributed by atoms with Crippen molar-refractivity contribution in [2.75, 3.05) is 13.1 Å². The second-order valence-corrected chi connectivity index (χ2v) is 5.39. The first-order chi connectivity index (χ1) is 8.24. The summed E-state index contributed by atoms with van der Waals surface area (Å²) in [6.07, 6.45) is 1.10. The summed E-state index contributed by atoms with van der Waals surface area (Å²) in [4.78, 5) is 15.0. The number of fused-ring (bicyclic) bond motifs is 1. The molecule has 4 heteroatoms. The Balaban J connectivity index is 2.17. The first-order valence-electron chi connectivity index (χ1n) is 5.77. The van der Waals surface area contributed by atoms with Gasteiger partial charge in [0.1, 0.15) is 0 Å². The van der Waals surface area contributed by atoms with Crippen LogP contribution in [0.4, 0.5) is 0 Å². The van der Waals surface area contributed by atoms with Crippen molar-refractivity contribution in [3.63, 3.8) is 0 Å². The Morgan fingerprint density at radius 1 is 1.29 bits per heavy atom. The van der Waals surface area contributed by atoms with E-state index in [-0.39, 0.29) is 5.56 Å². The van der Waals surface area contributed by atoms with Crippen LogP contribution in [0.3, 0.4) is 0 Å². The van der Waals surface area contributed by atoms with Gasteiger partial charge in [-0.3, -0.25) is 4.79 Å². The second kappa shape index (κ2) is 4.27. The van der Waals surface area contributed by atoms with Crippen LogP contribution in [0.5, 0.6) is 0 Å². The molecule has 1 aromatic heterocycles. The first kappa shape index (κ1) is 11.0. The summed E-state index contributed by atoms with van der Waals surface area (Å²) < 4.78 is 0.936. The molecule has 0 spiro atoms. The number of H-pyrrole nitrogens is 1. The zero-order valence-corrected chi connectivity index (χ0v) is 10.9. The standard InChI is InChI=1S/C13H13BrN2O/c14-10-2-1-8-5-12(9-3-4-15-7-9)16-13(17)11(8)6-10/h1-2,5-6,9,15H,3-4,7H2,(H,16,17). The molecule has 0 aliphatic carbocycles. The van der Waals surface area contributed by atoms with Crippen molar-refractivity contribution in [2.24, 2.45) is 0 Å². The van der Waals surface area contributed by atoms with Crippen LogP contribution in [0, 0.1) is 0 Å². The van der Waals surface area contributed by atoms with Crippen molar-refractivity contribution in [3.8, 4) is 0 Å². The van der Waals surface area contributed by atoms with Gasteiger partial charge in [-0.2, -0.15) is 0 Å². The fourth-order valence-corrected chi connectivity index (χ4v) is 2.75. The lowest BCUT2D eigenvalue weighted by molar-refractivity contribution is 0.733. The van der Waals surface area contributed by atoms with Gasteiger partial charge in [-0.1, -0.05) is 22.0 Å². The van der Waals surface area contributed by atoms with Crippen molar-refractivity contribution in [1.82, 2.24) is 10.3 Å². The van der Waals surface area contributed by atoms with Crippen molar-refractivity contribution < 1.29 is 0 Å². The minimum atomic E-state index is 0.00528. The molecule has 88 valence electrons. The van der Waals surface area contributed by atoms with Crippen LogP contribution >= 0.6 is 15.9 Å². The van der Waals surface area contributed by atoms with E-state index in [0.717, 1.165) is 40.4 Å². The lowest BCUT2D eigenvalue weighted by atomic mass is 10.0. The van der Waals surface area contributed by atoms with Gasteiger partial charge in [0.05, 0.1) is 0 Å². The molecule has 17 heavy (non-hydrogen) atoms. The summed E-state index contributed by atoms with van der Waals surface area (Å²) in [5.74, 6) is 0.441. The second-order valence-electron chi connectivity index (χ2n) is 4.48. The Hall–Kier alpha value is -1.13. The number of hydrogen-bond acceptors (Lipinski definition) is 2. The van der Waals surface area contributed by atoms with Gasteiger partial charge in [-0.05, 0) is 36.6 Å². The van der Waals surface area contributed by atoms with Crippen LogP contribution in [0.1, 0.15) is 18.0 Å². The summed E-state index contributed by atoms with van der Waals surface area (Å²) in [7, 11) is 0. The number of aromatic amines is 1. The molecule has 1 fully saturated rings. The minimum absolute atomic E-state index is 0.00528. The number of halogens is 1. The summed E-state index contributed by atoms with van der Waals surface area (Å²) >= 11 is 3.39. The lowest BCUT2D eigenvalue weighted by Gasteiger charge is -2.09. The van der Waals surface area contributed by atoms with E-state index in [4.69, 9.17) is 0 Å². The quantitative estimate of drug-likeness (QED) is 0.848. The molecule has 2 aromatic rings. The van der Waals surface area contributed by atoms with Crippen LogP contribution < -0.4 is 10.9 Å². The Kier molecular flexibility index (Phi) is 2.76. The molecule has 0 saturated carbocycles. The third-order valence-corrected chi connectivity index (χ3v) is 3.82. The fourth-order valence-electron chi connectivity index (χ4n) is 2.39. The molecule has 3 rings (SSSR count). The largest absolute Gasteiger partial charge is 0.325 e. The van der Waals surface area contributed by atoms with Gasteiger partial charge in [-0.15, -0.1) is 0 Å². The molecular weight excluding hydrogens is 280 g/mol. The summed E-state index contributed by atoms with van der Waals surface area (Å²) in [5.41, 5.74) is 1.06. The van der Waals surface area contributed by atoms with Crippen molar-refractivity contribution >= 4 is 26.7 Å². The first-order valence-corrected chi connectivity index (χ1v) is 6.56. The van der Waals surface area contributed by atoms with Gasteiger partial charge >= 0.3 is 0 Å². The molecule has 1 unspecified atom stereocenters. The van der Waals surface area contributed by atoms with Gasteiger partial charge < -0.3 is 10.3 Å². The molecule has 1 saturated heterocycles. The van der Waals surface area contributed by atoms with Crippen molar-refractivity contribution in [2.45, 2.75) is 12.3 Å². The van der Waals surface area contributed by atoms with E-state index >= 15 is 0 Å². The number of hydrogen-bond donors (Lipinski definition) is 2. The Morgan fingerprint density at radius 2 is 2.18 bits per heavy atom. The number of rotatable bonds is 1. The molecule has 1 aromatic carbocycles. The average molecular weight is 293 g/mol. The molecule has 2 N–H and O–H groups in total. The van der Waals surface area contributed by atoms with E-state index in [1.165, 1.54) is 0 Å². The zero-order valence-electron chi connectivity index (χ0n) is 9.29. The topological polar surface area (TPSA) is 44.9 Å². The predicted molar refractivity (Wildman–Crippen MR) is 72.5 cm³/mol. The van der Waals surface area contributed by atoms with E-state index in [9.17, 15) is 4.79 Å². The van der Waals surface area contributed by atoms with Crippen LogP contribution in [0.25, 0.3) is 10.8 Å². The monoisotopic (exact) mass is 292 g/mol. The number of pyridine rings is 1. The molecule has 0 radical (unpaired) electrons. The minimum Gasteiger partial charge on any atom is -0.325 e. The number of benzene rings is 1.